The number of carbonyl (C=O) groups excluding carboxylic acids is 1. The summed E-state index contributed by atoms with van der Waals surface area (Å²) in [6.07, 6.45) is 0. The first-order valence-corrected chi connectivity index (χ1v) is 11.0. The lowest BCUT2D eigenvalue weighted by Crippen LogP contribution is -2.35. The zero-order valence-electron chi connectivity index (χ0n) is 17.3. The summed E-state index contributed by atoms with van der Waals surface area (Å²) in [7, 11) is 3.06. The molecule has 0 bridgehead atoms. The molecule has 2 aromatic carbocycles. The smallest absolute Gasteiger partial charge is 0.265 e. The lowest BCUT2D eigenvalue weighted by Gasteiger charge is -2.28. The molecule has 4 rings (SSSR count). The van der Waals surface area contributed by atoms with Crippen LogP contribution in [-0.2, 0) is 4.74 Å². The molecule has 31 heavy (non-hydrogen) atoms. The molecule has 1 N–H and O–H groups in total. The highest BCUT2D eigenvalue weighted by atomic mass is 35.5. The first kappa shape index (κ1) is 21.5. The summed E-state index contributed by atoms with van der Waals surface area (Å²) in [6.45, 7) is 2.94. The fraction of sp³-hybridized carbons (Fsp3) is 0.261. The van der Waals surface area contributed by atoms with Crippen LogP contribution in [0, 0.1) is 0 Å². The third kappa shape index (κ3) is 4.63. The standard InChI is InChI=1S/C23H23ClN2O4S/c1-28-19-14-18(20(29-2)13-17(19)24)25-22(27)21-12-16(15-6-4-3-5-7-15)23(31-21)26-8-10-30-11-9-26/h3-7,12-14H,8-11H2,1-2H3,(H,25,27). The van der Waals surface area contributed by atoms with Crippen LogP contribution in [0.4, 0.5) is 10.7 Å². The average molecular weight is 459 g/mol. The van der Waals surface area contributed by atoms with Gasteiger partial charge in [0, 0.05) is 30.8 Å². The number of hydrogen-bond donors (Lipinski definition) is 1. The van der Waals surface area contributed by atoms with Gasteiger partial charge in [0.25, 0.3) is 5.91 Å². The van der Waals surface area contributed by atoms with Crippen LogP contribution in [0.3, 0.4) is 0 Å². The zero-order valence-corrected chi connectivity index (χ0v) is 18.9. The van der Waals surface area contributed by atoms with Crippen molar-refractivity contribution in [3.63, 3.8) is 0 Å². The Morgan fingerprint density at radius 1 is 1.06 bits per heavy atom. The number of nitrogens with one attached hydrogen (secondary N) is 1. The highest BCUT2D eigenvalue weighted by molar-refractivity contribution is 7.18. The van der Waals surface area contributed by atoms with Gasteiger partial charge in [0.2, 0.25) is 0 Å². The molecule has 0 spiro atoms. The maximum Gasteiger partial charge on any atom is 0.265 e. The van der Waals surface area contributed by atoms with Gasteiger partial charge in [0.15, 0.2) is 0 Å². The Hall–Kier alpha value is -2.74. The number of rotatable bonds is 6. The van der Waals surface area contributed by atoms with Crippen molar-refractivity contribution in [3.05, 3.63) is 58.4 Å². The third-order valence-corrected chi connectivity index (χ3v) is 6.53. The number of ether oxygens (including phenoxy) is 3. The van der Waals surface area contributed by atoms with Crippen LogP contribution in [0.15, 0.2) is 48.5 Å². The first-order chi connectivity index (χ1) is 15.1. The quantitative estimate of drug-likeness (QED) is 0.551. The number of benzene rings is 2. The van der Waals surface area contributed by atoms with E-state index in [1.807, 2.05) is 24.3 Å². The molecule has 1 aliphatic rings. The molecular weight excluding hydrogens is 436 g/mol. The van der Waals surface area contributed by atoms with E-state index >= 15 is 0 Å². The maximum absolute atomic E-state index is 13.2. The number of hydrogen-bond acceptors (Lipinski definition) is 6. The molecule has 162 valence electrons. The summed E-state index contributed by atoms with van der Waals surface area (Å²) in [6, 6.07) is 15.3. The van der Waals surface area contributed by atoms with E-state index < -0.39 is 0 Å². The van der Waals surface area contributed by atoms with Gasteiger partial charge < -0.3 is 24.4 Å². The molecule has 0 saturated carbocycles. The van der Waals surface area contributed by atoms with Crippen molar-refractivity contribution in [2.45, 2.75) is 0 Å². The number of amides is 1. The van der Waals surface area contributed by atoms with Gasteiger partial charge in [-0.15, -0.1) is 11.3 Å². The van der Waals surface area contributed by atoms with Gasteiger partial charge >= 0.3 is 0 Å². The van der Waals surface area contributed by atoms with Gasteiger partial charge in [-0.3, -0.25) is 4.79 Å². The lowest BCUT2D eigenvalue weighted by atomic mass is 10.1. The number of carbonyl (C=O) groups is 1. The number of nitrogens with zero attached hydrogens (tertiary/aromatic N) is 1. The molecule has 2 heterocycles. The Labute approximate surface area is 190 Å². The van der Waals surface area contributed by atoms with Crippen LogP contribution in [0.25, 0.3) is 11.1 Å². The van der Waals surface area contributed by atoms with E-state index in [1.54, 1.807) is 12.1 Å². The predicted molar refractivity (Wildman–Crippen MR) is 125 cm³/mol. The second-order valence-electron chi connectivity index (χ2n) is 6.94. The third-order valence-electron chi connectivity index (χ3n) is 5.04. The molecule has 8 heteroatoms. The number of halogens is 1. The minimum atomic E-state index is -0.218. The number of morpholine rings is 1. The molecule has 0 atom stereocenters. The average Bonchev–Trinajstić information content (AvgIpc) is 3.27. The van der Waals surface area contributed by atoms with Crippen molar-refractivity contribution in [2.75, 3.05) is 50.7 Å². The van der Waals surface area contributed by atoms with Crippen LogP contribution in [-0.4, -0.2) is 46.4 Å². The second kappa shape index (κ2) is 9.60. The molecule has 0 unspecified atom stereocenters. The van der Waals surface area contributed by atoms with Crippen LogP contribution in [0.5, 0.6) is 11.5 Å². The normalized spacial score (nSPS) is 13.7. The number of anilines is 2. The molecule has 1 aliphatic heterocycles. The summed E-state index contributed by atoms with van der Waals surface area (Å²) in [5.41, 5.74) is 2.61. The molecule has 6 nitrogen and oxygen atoms in total. The molecule has 1 fully saturated rings. The van der Waals surface area contributed by atoms with E-state index in [2.05, 4.69) is 22.3 Å². The fourth-order valence-electron chi connectivity index (χ4n) is 3.46. The van der Waals surface area contributed by atoms with Crippen molar-refractivity contribution in [3.8, 4) is 22.6 Å². The highest BCUT2D eigenvalue weighted by Gasteiger charge is 2.23. The molecule has 0 aliphatic carbocycles. The molecule has 0 radical (unpaired) electrons. The second-order valence-corrected chi connectivity index (χ2v) is 8.37. The van der Waals surface area contributed by atoms with E-state index in [-0.39, 0.29) is 5.91 Å². The fourth-order valence-corrected chi connectivity index (χ4v) is 4.82. The summed E-state index contributed by atoms with van der Waals surface area (Å²) in [5, 5.41) is 4.42. The van der Waals surface area contributed by atoms with Crippen LogP contribution < -0.4 is 19.7 Å². The summed E-state index contributed by atoms with van der Waals surface area (Å²) < 4.78 is 16.2. The number of thiophene rings is 1. The number of methoxy groups -OCH3 is 2. The monoisotopic (exact) mass is 458 g/mol. The van der Waals surface area contributed by atoms with Crippen molar-refractivity contribution in [1.82, 2.24) is 0 Å². The largest absolute Gasteiger partial charge is 0.495 e. The summed E-state index contributed by atoms with van der Waals surface area (Å²) in [5.74, 6) is 0.708. The Morgan fingerprint density at radius 2 is 1.77 bits per heavy atom. The van der Waals surface area contributed by atoms with Gasteiger partial charge in [-0.2, -0.15) is 0 Å². The lowest BCUT2D eigenvalue weighted by molar-refractivity contribution is 0.103. The van der Waals surface area contributed by atoms with Gasteiger partial charge in [0.05, 0.1) is 48.0 Å². The summed E-state index contributed by atoms with van der Waals surface area (Å²) in [4.78, 5) is 16.1. The van der Waals surface area contributed by atoms with Crippen LogP contribution in [0.2, 0.25) is 5.02 Å². The molecular formula is C23H23ClN2O4S. The van der Waals surface area contributed by atoms with Crippen molar-refractivity contribution >= 4 is 39.5 Å². The topological polar surface area (TPSA) is 60.0 Å². The van der Waals surface area contributed by atoms with E-state index in [9.17, 15) is 4.79 Å². The summed E-state index contributed by atoms with van der Waals surface area (Å²) >= 11 is 7.66. The molecule has 1 saturated heterocycles. The Morgan fingerprint density at radius 3 is 2.45 bits per heavy atom. The van der Waals surface area contributed by atoms with Crippen LogP contribution >= 0.6 is 22.9 Å². The van der Waals surface area contributed by atoms with Gasteiger partial charge in [-0.05, 0) is 11.6 Å². The molecule has 3 aromatic rings. The van der Waals surface area contributed by atoms with Crippen molar-refractivity contribution in [1.29, 1.82) is 0 Å². The maximum atomic E-state index is 13.2. The Kier molecular flexibility index (Phi) is 6.65. The highest BCUT2D eigenvalue weighted by Crippen LogP contribution is 2.41. The van der Waals surface area contributed by atoms with E-state index in [1.165, 1.54) is 25.6 Å². The molecule has 1 aromatic heterocycles. The van der Waals surface area contributed by atoms with E-state index in [0.29, 0.717) is 40.3 Å². The van der Waals surface area contributed by atoms with Gasteiger partial charge in [-0.1, -0.05) is 41.9 Å². The van der Waals surface area contributed by atoms with Gasteiger partial charge in [-0.25, -0.2) is 0 Å². The zero-order chi connectivity index (χ0) is 21.8. The van der Waals surface area contributed by atoms with Crippen LogP contribution in [0.1, 0.15) is 9.67 Å². The minimum Gasteiger partial charge on any atom is -0.495 e. The SMILES string of the molecule is COc1cc(NC(=O)c2cc(-c3ccccc3)c(N3CCOCC3)s2)c(OC)cc1Cl. The minimum absolute atomic E-state index is 0.218. The molecule has 1 amide bonds. The van der Waals surface area contributed by atoms with Crippen molar-refractivity contribution in [2.24, 2.45) is 0 Å². The Balaban J connectivity index is 1.68. The van der Waals surface area contributed by atoms with E-state index in [4.69, 9.17) is 25.8 Å². The Bertz CT molecular complexity index is 1060. The first-order valence-electron chi connectivity index (χ1n) is 9.85. The van der Waals surface area contributed by atoms with Gasteiger partial charge in [0.1, 0.15) is 11.5 Å². The van der Waals surface area contributed by atoms with E-state index in [0.717, 1.165) is 29.2 Å². The van der Waals surface area contributed by atoms with Crippen molar-refractivity contribution < 1.29 is 19.0 Å². The predicted octanol–water partition coefficient (Wildman–Crippen LogP) is 5.17.